The average Bonchev–Trinajstić information content (AvgIpc) is 2.34. The van der Waals surface area contributed by atoms with Crippen molar-refractivity contribution >= 4 is 10.9 Å². The Morgan fingerprint density at radius 2 is 2.06 bits per heavy atom. The summed E-state index contributed by atoms with van der Waals surface area (Å²) in [5.41, 5.74) is 8.10. The maximum Gasteiger partial charge on any atom is 0.0704 e. The SMILES string of the molecule is NCC1(c2ccnc3ccccc23)CC(O)C1. The average molecular weight is 228 g/mol. The Morgan fingerprint density at radius 3 is 2.76 bits per heavy atom. The molecule has 3 nitrogen and oxygen atoms in total. The van der Waals surface area contributed by atoms with Crippen LogP contribution in [-0.2, 0) is 5.41 Å². The molecule has 1 aliphatic rings. The highest BCUT2D eigenvalue weighted by molar-refractivity contribution is 5.83. The van der Waals surface area contributed by atoms with E-state index in [0.29, 0.717) is 6.54 Å². The van der Waals surface area contributed by atoms with Gasteiger partial charge in [0, 0.05) is 23.5 Å². The van der Waals surface area contributed by atoms with E-state index >= 15 is 0 Å². The van der Waals surface area contributed by atoms with Gasteiger partial charge in [0.15, 0.2) is 0 Å². The van der Waals surface area contributed by atoms with E-state index in [-0.39, 0.29) is 11.5 Å². The quantitative estimate of drug-likeness (QED) is 0.820. The zero-order valence-corrected chi connectivity index (χ0v) is 9.63. The minimum atomic E-state index is -0.203. The van der Waals surface area contributed by atoms with Crippen molar-refractivity contribution in [2.75, 3.05) is 6.54 Å². The summed E-state index contributed by atoms with van der Waals surface area (Å²) in [5, 5.41) is 10.7. The Morgan fingerprint density at radius 1 is 1.29 bits per heavy atom. The highest BCUT2D eigenvalue weighted by Crippen LogP contribution is 2.45. The standard InChI is InChI=1S/C14H16N2O/c15-9-14(7-10(17)8-14)12-5-6-16-13-4-2-1-3-11(12)13/h1-6,10,17H,7-9,15H2. The largest absolute Gasteiger partial charge is 0.393 e. The van der Waals surface area contributed by atoms with Crippen molar-refractivity contribution in [3.63, 3.8) is 0 Å². The fourth-order valence-corrected chi connectivity index (χ4v) is 2.90. The minimum Gasteiger partial charge on any atom is -0.393 e. The second-order valence-electron chi connectivity index (χ2n) is 4.92. The molecule has 88 valence electrons. The van der Waals surface area contributed by atoms with Gasteiger partial charge >= 0.3 is 0 Å². The summed E-state index contributed by atoms with van der Waals surface area (Å²) in [5.74, 6) is 0. The lowest BCUT2D eigenvalue weighted by molar-refractivity contribution is 0.0228. The molecular formula is C14H16N2O. The first-order valence-corrected chi connectivity index (χ1v) is 5.97. The first-order chi connectivity index (χ1) is 8.25. The van der Waals surface area contributed by atoms with E-state index in [1.165, 1.54) is 5.56 Å². The highest BCUT2D eigenvalue weighted by Gasteiger charge is 2.44. The molecule has 2 aromatic rings. The third kappa shape index (κ3) is 1.54. The lowest BCUT2D eigenvalue weighted by Gasteiger charge is -2.45. The zero-order chi connectivity index (χ0) is 11.9. The molecule has 3 N–H and O–H groups in total. The van der Waals surface area contributed by atoms with Crippen LogP contribution in [0.1, 0.15) is 18.4 Å². The fourth-order valence-electron chi connectivity index (χ4n) is 2.90. The maximum atomic E-state index is 9.58. The maximum absolute atomic E-state index is 9.58. The van der Waals surface area contributed by atoms with Gasteiger partial charge in [-0.2, -0.15) is 0 Å². The van der Waals surface area contributed by atoms with Crippen LogP contribution in [0.25, 0.3) is 10.9 Å². The third-order valence-electron chi connectivity index (χ3n) is 3.86. The van der Waals surface area contributed by atoms with Crippen LogP contribution in [0, 0.1) is 0 Å². The molecule has 1 fully saturated rings. The molecule has 0 atom stereocenters. The number of fused-ring (bicyclic) bond motifs is 1. The van der Waals surface area contributed by atoms with Crippen molar-refractivity contribution in [1.82, 2.24) is 4.98 Å². The van der Waals surface area contributed by atoms with Gasteiger partial charge < -0.3 is 10.8 Å². The molecule has 0 spiro atoms. The molecule has 1 heterocycles. The van der Waals surface area contributed by atoms with Crippen LogP contribution in [0.3, 0.4) is 0 Å². The monoisotopic (exact) mass is 228 g/mol. The number of pyridine rings is 1. The number of benzene rings is 1. The minimum absolute atomic E-state index is 0.0536. The van der Waals surface area contributed by atoms with Crippen LogP contribution < -0.4 is 5.73 Å². The number of hydrogen-bond donors (Lipinski definition) is 2. The predicted molar refractivity (Wildman–Crippen MR) is 67.7 cm³/mol. The molecule has 1 aromatic carbocycles. The van der Waals surface area contributed by atoms with Crippen molar-refractivity contribution in [3.8, 4) is 0 Å². The Kier molecular flexibility index (Phi) is 2.38. The Labute approximate surface area is 100 Å². The van der Waals surface area contributed by atoms with Gasteiger partial charge in [-0.25, -0.2) is 0 Å². The smallest absolute Gasteiger partial charge is 0.0704 e. The zero-order valence-electron chi connectivity index (χ0n) is 9.63. The van der Waals surface area contributed by atoms with Crippen LogP contribution in [0.5, 0.6) is 0 Å². The molecule has 17 heavy (non-hydrogen) atoms. The summed E-state index contributed by atoms with van der Waals surface area (Å²) in [6, 6.07) is 10.1. The molecule has 1 saturated carbocycles. The number of nitrogens with zero attached hydrogens (tertiary/aromatic N) is 1. The summed E-state index contributed by atoms with van der Waals surface area (Å²) >= 11 is 0. The van der Waals surface area contributed by atoms with E-state index in [1.807, 2.05) is 30.5 Å². The first kappa shape index (κ1) is 10.7. The van der Waals surface area contributed by atoms with Gasteiger partial charge in [-0.05, 0) is 30.5 Å². The lowest BCUT2D eigenvalue weighted by Crippen LogP contribution is -2.49. The van der Waals surface area contributed by atoms with Gasteiger partial charge in [-0.3, -0.25) is 4.98 Å². The Hall–Kier alpha value is -1.45. The van der Waals surface area contributed by atoms with E-state index in [1.54, 1.807) is 0 Å². The van der Waals surface area contributed by atoms with Gasteiger partial charge in [-0.15, -0.1) is 0 Å². The van der Waals surface area contributed by atoms with E-state index in [4.69, 9.17) is 5.73 Å². The van der Waals surface area contributed by atoms with Crippen LogP contribution >= 0.6 is 0 Å². The lowest BCUT2D eigenvalue weighted by atomic mass is 9.62. The number of aromatic nitrogens is 1. The topological polar surface area (TPSA) is 59.1 Å². The molecule has 1 aliphatic carbocycles. The van der Waals surface area contributed by atoms with Crippen LogP contribution in [0.15, 0.2) is 36.5 Å². The second-order valence-corrected chi connectivity index (χ2v) is 4.92. The number of aliphatic hydroxyl groups excluding tert-OH is 1. The van der Waals surface area contributed by atoms with Crippen molar-refractivity contribution in [2.45, 2.75) is 24.4 Å². The van der Waals surface area contributed by atoms with Gasteiger partial charge in [0.25, 0.3) is 0 Å². The van der Waals surface area contributed by atoms with Crippen LogP contribution in [0.2, 0.25) is 0 Å². The molecule has 0 aliphatic heterocycles. The van der Waals surface area contributed by atoms with Crippen LogP contribution in [-0.4, -0.2) is 22.7 Å². The molecule has 3 heteroatoms. The van der Waals surface area contributed by atoms with Crippen molar-refractivity contribution < 1.29 is 5.11 Å². The van der Waals surface area contributed by atoms with Crippen molar-refractivity contribution in [2.24, 2.45) is 5.73 Å². The molecule has 0 radical (unpaired) electrons. The van der Waals surface area contributed by atoms with Crippen molar-refractivity contribution in [1.29, 1.82) is 0 Å². The molecule has 3 rings (SSSR count). The predicted octanol–water partition coefficient (Wildman–Crippen LogP) is 1.59. The molecule has 0 unspecified atom stereocenters. The van der Waals surface area contributed by atoms with Gasteiger partial charge in [-0.1, -0.05) is 18.2 Å². The van der Waals surface area contributed by atoms with Gasteiger partial charge in [0.05, 0.1) is 11.6 Å². The normalized spacial score (nSPS) is 28.0. The summed E-state index contributed by atoms with van der Waals surface area (Å²) < 4.78 is 0. The van der Waals surface area contributed by atoms with Crippen molar-refractivity contribution in [3.05, 3.63) is 42.1 Å². The fraction of sp³-hybridized carbons (Fsp3) is 0.357. The van der Waals surface area contributed by atoms with E-state index in [0.717, 1.165) is 23.7 Å². The van der Waals surface area contributed by atoms with Gasteiger partial charge in [0.2, 0.25) is 0 Å². The summed E-state index contributed by atoms with van der Waals surface area (Å²) in [6.07, 6.45) is 3.15. The van der Waals surface area contributed by atoms with E-state index in [9.17, 15) is 5.11 Å². The number of hydrogen-bond acceptors (Lipinski definition) is 3. The first-order valence-electron chi connectivity index (χ1n) is 5.97. The molecule has 0 bridgehead atoms. The van der Waals surface area contributed by atoms with Gasteiger partial charge in [0.1, 0.15) is 0 Å². The summed E-state index contributed by atoms with van der Waals surface area (Å²) in [6.45, 7) is 0.581. The molecule has 1 aromatic heterocycles. The molecule has 0 amide bonds. The van der Waals surface area contributed by atoms with Crippen LogP contribution in [0.4, 0.5) is 0 Å². The Balaban J connectivity index is 2.17. The van der Waals surface area contributed by atoms with E-state index < -0.39 is 0 Å². The third-order valence-corrected chi connectivity index (χ3v) is 3.86. The summed E-state index contributed by atoms with van der Waals surface area (Å²) in [4.78, 5) is 4.36. The number of nitrogens with two attached hydrogens (primary N) is 1. The van der Waals surface area contributed by atoms with E-state index in [2.05, 4.69) is 11.1 Å². The second kappa shape index (κ2) is 3.79. The number of para-hydroxylation sites is 1. The highest BCUT2D eigenvalue weighted by atomic mass is 16.3. The molecular weight excluding hydrogens is 212 g/mol. The number of aliphatic hydroxyl groups is 1. The number of rotatable bonds is 2. The Bertz CT molecular complexity index is 541. The molecule has 0 saturated heterocycles. The summed E-state index contributed by atoms with van der Waals surface area (Å²) in [7, 11) is 0.